The number of morpholine rings is 1. The largest absolute Gasteiger partial charge is 0.398 e. The van der Waals surface area contributed by atoms with Crippen LogP contribution in [0.3, 0.4) is 0 Å². The number of fused-ring (bicyclic) bond motifs is 1. The van der Waals surface area contributed by atoms with Crippen molar-refractivity contribution in [3.8, 4) is 11.4 Å². The zero-order chi connectivity index (χ0) is 26.2. The fraction of sp³-hybridized carbons (Fsp3) is 0.536. The Balaban J connectivity index is 1.58. The maximum absolute atomic E-state index is 7.92. The molecule has 2 aliphatic rings. The first-order valence-electron chi connectivity index (χ1n) is 13.4. The molecule has 8 nitrogen and oxygen atoms in total. The van der Waals surface area contributed by atoms with Gasteiger partial charge in [-0.25, -0.2) is 9.97 Å². The van der Waals surface area contributed by atoms with Gasteiger partial charge in [0, 0.05) is 48.4 Å². The zero-order valence-electron chi connectivity index (χ0n) is 22.4. The van der Waals surface area contributed by atoms with Crippen LogP contribution in [0.15, 0.2) is 28.7 Å². The van der Waals surface area contributed by atoms with Gasteiger partial charge in [0.1, 0.15) is 5.82 Å². The van der Waals surface area contributed by atoms with Crippen molar-refractivity contribution in [3.05, 3.63) is 35.0 Å². The van der Waals surface area contributed by atoms with Gasteiger partial charge < -0.3 is 31.0 Å². The molecule has 200 valence electrons. The quantitative estimate of drug-likeness (QED) is 0.218. The normalized spacial score (nSPS) is 16.4. The molecule has 0 bridgehead atoms. The highest BCUT2D eigenvalue weighted by Crippen LogP contribution is 2.39. The van der Waals surface area contributed by atoms with Crippen LogP contribution in [0.5, 0.6) is 0 Å². The second-order valence-electron chi connectivity index (χ2n) is 10.1. The average Bonchev–Trinajstić information content (AvgIpc) is 2.91. The van der Waals surface area contributed by atoms with E-state index in [0.717, 1.165) is 67.0 Å². The number of hydrogen-bond acceptors (Lipinski definition) is 9. The van der Waals surface area contributed by atoms with E-state index in [-0.39, 0.29) is 0 Å². The molecule has 37 heavy (non-hydrogen) atoms. The molecule has 9 heteroatoms. The van der Waals surface area contributed by atoms with Gasteiger partial charge in [0.05, 0.1) is 23.8 Å². The summed E-state index contributed by atoms with van der Waals surface area (Å²) in [7, 11) is 2.21. The third kappa shape index (κ3) is 7.10. The molecule has 1 unspecified atom stereocenters. The number of ether oxygens (including phenoxy) is 1. The van der Waals surface area contributed by atoms with Crippen LogP contribution in [-0.4, -0.2) is 86.4 Å². The molecule has 2 aliphatic heterocycles. The first kappa shape index (κ1) is 27.6. The molecule has 4 N–H and O–H groups in total. The third-order valence-electron chi connectivity index (χ3n) is 6.85. The smallest absolute Gasteiger partial charge is 0.162 e. The van der Waals surface area contributed by atoms with E-state index in [0.29, 0.717) is 36.2 Å². The molecule has 3 heterocycles. The highest BCUT2D eigenvalue weighted by molar-refractivity contribution is 7.99. The highest BCUT2D eigenvalue weighted by Gasteiger charge is 2.25. The minimum absolute atomic E-state index is 0.563. The van der Waals surface area contributed by atoms with E-state index < -0.39 is 0 Å². The Bertz CT molecular complexity index is 1100. The summed E-state index contributed by atoms with van der Waals surface area (Å²) in [5.41, 5.74) is 10.5. The van der Waals surface area contributed by atoms with E-state index >= 15 is 0 Å². The number of nitrogen functional groups attached to an aromatic ring is 1. The molecule has 1 aromatic carbocycles. The molecule has 1 fully saturated rings. The number of nitrogens with one attached hydrogen (secondary N) is 2. The molecule has 1 aromatic heterocycles. The molecule has 0 spiro atoms. The lowest BCUT2D eigenvalue weighted by Gasteiger charge is -2.31. The number of hydrogen-bond donors (Lipinski definition) is 3. The molecule has 2 aromatic rings. The monoisotopic (exact) mass is 523 g/mol. The molecular formula is C28H41N7OS. The van der Waals surface area contributed by atoms with E-state index in [1.807, 2.05) is 30.0 Å². The van der Waals surface area contributed by atoms with Gasteiger partial charge in [-0.3, -0.25) is 0 Å². The number of rotatable bonds is 12. The lowest BCUT2D eigenvalue weighted by atomic mass is 10.1. The molecule has 0 radical (unpaired) electrons. The molecule has 4 rings (SSSR count). The van der Waals surface area contributed by atoms with Gasteiger partial charge in [-0.15, -0.1) is 11.8 Å². The Labute approximate surface area is 225 Å². The van der Waals surface area contributed by atoms with Crippen molar-refractivity contribution in [2.75, 3.05) is 75.9 Å². The SMILES string of the molecule is CCCNCC(C)CCN(C)CC1=Cc2nc(-c3cccc(N)c3C=N)nc(N3CCOCC3)c2SC1. The number of nitrogens with two attached hydrogens (primary N) is 1. The number of anilines is 2. The number of aromatic nitrogens is 2. The molecule has 0 saturated carbocycles. The van der Waals surface area contributed by atoms with Crippen LogP contribution in [0.1, 0.15) is 37.9 Å². The van der Waals surface area contributed by atoms with Crippen molar-refractivity contribution >= 4 is 35.6 Å². The summed E-state index contributed by atoms with van der Waals surface area (Å²) >= 11 is 1.83. The van der Waals surface area contributed by atoms with Gasteiger partial charge in [0.25, 0.3) is 0 Å². The molecule has 0 amide bonds. The zero-order valence-corrected chi connectivity index (χ0v) is 23.2. The topological polar surface area (TPSA) is 103 Å². The summed E-state index contributed by atoms with van der Waals surface area (Å²) in [4.78, 5) is 15.9. The van der Waals surface area contributed by atoms with Crippen molar-refractivity contribution in [3.63, 3.8) is 0 Å². The third-order valence-corrected chi connectivity index (χ3v) is 8.04. The summed E-state index contributed by atoms with van der Waals surface area (Å²) in [6, 6.07) is 5.67. The summed E-state index contributed by atoms with van der Waals surface area (Å²) in [6.45, 7) is 11.7. The Morgan fingerprint density at radius 3 is 2.86 bits per heavy atom. The predicted octanol–water partition coefficient (Wildman–Crippen LogP) is 4.01. The van der Waals surface area contributed by atoms with Gasteiger partial charge in [-0.1, -0.05) is 26.0 Å². The fourth-order valence-corrected chi connectivity index (χ4v) is 5.79. The van der Waals surface area contributed by atoms with E-state index in [4.69, 9.17) is 25.8 Å². The van der Waals surface area contributed by atoms with Crippen LogP contribution in [0.2, 0.25) is 0 Å². The van der Waals surface area contributed by atoms with Crippen LogP contribution in [0.25, 0.3) is 17.5 Å². The second kappa shape index (κ2) is 13.4. The lowest BCUT2D eigenvalue weighted by molar-refractivity contribution is 0.122. The number of nitrogens with zero attached hydrogens (tertiary/aromatic N) is 4. The maximum atomic E-state index is 7.92. The van der Waals surface area contributed by atoms with Crippen molar-refractivity contribution in [2.45, 2.75) is 31.6 Å². The minimum Gasteiger partial charge on any atom is -0.398 e. The number of thioether (sulfide) groups is 1. The summed E-state index contributed by atoms with van der Waals surface area (Å²) in [5.74, 6) is 3.18. The average molecular weight is 524 g/mol. The number of likely N-dealkylation sites (N-methyl/N-ethyl adjacent to an activating group) is 1. The molecule has 1 atom stereocenters. The van der Waals surface area contributed by atoms with Gasteiger partial charge >= 0.3 is 0 Å². The standard InChI is InChI=1S/C28H41N7OS/c1-4-9-31-17-20(2)8-10-34(3)18-21-15-25-26(37-19-21)28(35-11-13-36-14-12-35)33-27(32-25)22-6-5-7-24(30)23(22)16-29/h5-7,15-16,20,29,31H,4,8-14,17-19,30H2,1-3H3. The summed E-state index contributed by atoms with van der Waals surface area (Å²) in [6.07, 6.45) is 5.91. The molecule has 0 aliphatic carbocycles. The van der Waals surface area contributed by atoms with Crippen molar-refractivity contribution in [1.82, 2.24) is 20.2 Å². The minimum atomic E-state index is 0.563. The maximum Gasteiger partial charge on any atom is 0.162 e. The van der Waals surface area contributed by atoms with E-state index in [2.05, 4.69) is 42.1 Å². The Morgan fingerprint density at radius 2 is 2.11 bits per heavy atom. The highest BCUT2D eigenvalue weighted by atomic mass is 32.2. The van der Waals surface area contributed by atoms with E-state index in [1.54, 1.807) is 0 Å². The van der Waals surface area contributed by atoms with Crippen LogP contribution in [0, 0.1) is 11.3 Å². The Morgan fingerprint density at radius 1 is 1.30 bits per heavy atom. The first-order valence-corrected chi connectivity index (χ1v) is 14.3. The van der Waals surface area contributed by atoms with Crippen LogP contribution in [-0.2, 0) is 4.74 Å². The van der Waals surface area contributed by atoms with Crippen molar-refractivity contribution < 1.29 is 4.74 Å². The summed E-state index contributed by atoms with van der Waals surface area (Å²) in [5, 5.41) is 11.5. The number of benzene rings is 1. The van der Waals surface area contributed by atoms with Gasteiger partial charge in [0.2, 0.25) is 0 Å². The summed E-state index contributed by atoms with van der Waals surface area (Å²) < 4.78 is 5.60. The van der Waals surface area contributed by atoms with Crippen molar-refractivity contribution in [2.24, 2.45) is 5.92 Å². The van der Waals surface area contributed by atoms with Gasteiger partial charge in [-0.2, -0.15) is 0 Å². The van der Waals surface area contributed by atoms with Crippen LogP contribution in [0.4, 0.5) is 11.5 Å². The molecule has 1 saturated heterocycles. The van der Waals surface area contributed by atoms with Gasteiger partial charge in [0.15, 0.2) is 5.82 Å². The van der Waals surface area contributed by atoms with Crippen molar-refractivity contribution in [1.29, 1.82) is 5.41 Å². The second-order valence-corrected chi connectivity index (χ2v) is 11.1. The lowest BCUT2D eigenvalue weighted by Crippen LogP contribution is -2.37. The van der Waals surface area contributed by atoms with Crippen LogP contribution >= 0.6 is 11.8 Å². The predicted molar refractivity (Wildman–Crippen MR) is 156 cm³/mol. The Hall–Kier alpha value is -2.46. The molecular weight excluding hydrogens is 482 g/mol. The first-order chi connectivity index (χ1) is 18.0. The van der Waals surface area contributed by atoms with E-state index in [1.165, 1.54) is 24.6 Å². The Kier molecular flexibility index (Phi) is 9.96. The van der Waals surface area contributed by atoms with E-state index in [9.17, 15) is 0 Å². The van der Waals surface area contributed by atoms with Crippen LogP contribution < -0.4 is 16.0 Å². The van der Waals surface area contributed by atoms with Gasteiger partial charge in [-0.05, 0) is 63.2 Å². The fourth-order valence-electron chi connectivity index (χ4n) is 4.73.